The largest absolute Gasteiger partial charge is 0.322 e. The molecule has 0 spiro atoms. The Morgan fingerprint density at radius 1 is 1.04 bits per heavy atom. The quantitative estimate of drug-likeness (QED) is 0.722. The van der Waals surface area contributed by atoms with Crippen LogP contribution in [0.2, 0.25) is 0 Å². The Balaban J connectivity index is 2.19. The van der Waals surface area contributed by atoms with E-state index in [0.717, 1.165) is 5.56 Å². The number of rotatable bonds is 8. The molecule has 5 nitrogen and oxygen atoms in total. The number of aryl methyl sites for hydroxylation is 1. The van der Waals surface area contributed by atoms with Crippen molar-refractivity contribution < 1.29 is 13.2 Å². The second-order valence-corrected chi connectivity index (χ2v) is 7.63. The summed E-state index contributed by atoms with van der Waals surface area (Å²) in [5.41, 5.74) is 1.97. The van der Waals surface area contributed by atoms with Crippen LogP contribution in [-0.4, -0.2) is 31.7 Å². The summed E-state index contributed by atoms with van der Waals surface area (Å²) in [6.07, 6.45) is 3.05. The van der Waals surface area contributed by atoms with Crippen LogP contribution < -0.4 is 5.32 Å². The molecule has 2 aromatic carbocycles. The molecule has 2 rings (SSSR count). The zero-order valence-corrected chi connectivity index (χ0v) is 15.5. The lowest BCUT2D eigenvalue weighted by Crippen LogP contribution is -2.31. The van der Waals surface area contributed by atoms with Crippen molar-refractivity contribution in [1.82, 2.24) is 4.31 Å². The molecule has 136 valence electrons. The molecule has 26 heavy (non-hydrogen) atoms. The predicted octanol–water partition coefficient (Wildman–Crippen LogP) is 3.61. The van der Waals surface area contributed by atoms with Gasteiger partial charge in [-0.1, -0.05) is 30.4 Å². The molecule has 0 saturated heterocycles. The lowest BCUT2D eigenvalue weighted by Gasteiger charge is -2.19. The number of nitrogens with one attached hydrogen (secondary N) is 1. The molecule has 1 N–H and O–H groups in total. The van der Waals surface area contributed by atoms with Crippen molar-refractivity contribution in [2.45, 2.75) is 11.8 Å². The van der Waals surface area contributed by atoms with Gasteiger partial charge in [0.05, 0.1) is 4.90 Å². The summed E-state index contributed by atoms with van der Waals surface area (Å²) in [7, 11) is -3.65. The van der Waals surface area contributed by atoms with Crippen molar-refractivity contribution in [3.63, 3.8) is 0 Å². The standard InChI is InChI=1S/C20H22N2O3S/c1-4-14-22(15-5-2)26(24,25)18-12-10-17(11-13-18)21-20(23)19-9-7-6-8-16(19)3/h4-13H,1-2,14-15H2,3H3,(H,21,23). The van der Waals surface area contributed by atoms with Gasteiger partial charge in [0, 0.05) is 24.3 Å². The smallest absolute Gasteiger partial charge is 0.255 e. The highest BCUT2D eigenvalue weighted by atomic mass is 32.2. The van der Waals surface area contributed by atoms with Crippen LogP contribution >= 0.6 is 0 Å². The second kappa shape index (κ2) is 8.60. The van der Waals surface area contributed by atoms with E-state index in [9.17, 15) is 13.2 Å². The van der Waals surface area contributed by atoms with Crippen LogP contribution in [0.25, 0.3) is 0 Å². The Bertz CT molecular complexity index is 893. The van der Waals surface area contributed by atoms with Crippen molar-refractivity contribution in [3.8, 4) is 0 Å². The van der Waals surface area contributed by atoms with E-state index in [1.54, 1.807) is 24.3 Å². The van der Waals surface area contributed by atoms with E-state index in [-0.39, 0.29) is 23.9 Å². The number of anilines is 1. The average molecular weight is 370 g/mol. The van der Waals surface area contributed by atoms with Crippen molar-refractivity contribution in [2.75, 3.05) is 18.4 Å². The first-order valence-electron chi connectivity index (χ1n) is 8.09. The maximum absolute atomic E-state index is 12.7. The summed E-state index contributed by atoms with van der Waals surface area (Å²) < 4.78 is 26.6. The topological polar surface area (TPSA) is 66.5 Å². The minimum atomic E-state index is -3.65. The molecule has 0 heterocycles. The van der Waals surface area contributed by atoms with E-state index >= 15 is 0 Å². The lowest BCUT2D eigenvalue weighted by molar-refractivity contribution is 0.102. The molecule has 6 heteroatoms. The molecule has 0 radical (unpaired) electrons. The van der Waals surface area contributed by atoms with Gasteiger partial charge in [-0.2, -0.15) is 4.31 Å². The van der Waals surface area contributed by atoms with Crippen LogP contribution in [0.5, 0.6) is 0 Å². The predicted molar refractivity (Wildman–Crippen MR) is 105 cm³/mol. The molecule has 0 aliphatic carbocycles. The molecule has 0 bridgehead atoms. The SMILES string of the molecule is C=CCN(CC=C)S(=O)(=O)c1ccc(NC(=O)c2ccccc2C)cc1. The third kappa shape index (κ3) is 4.47. The molecule has 0 fully saturated rings. The summed E-state index contributed by atoms with van der Waals surface area (Å²) in [5, 5.41) is 2.78. The first-order chi connectivity index (χ1) is 12.4. The fraction of sp³-hybridized carbons (Fsp3) is 0.150. The molecular weight excluding hydrogens is 348 g/mol. The van der Waals surface area contributed by atoms with E-state index < -0.39 is 10.0 Å². The highest BCUT2D eigenvalue weighted by molar-refractivity contribution is 7.89. The Morgan fingerprint density at radius 3 is 2.15 bits per heavy atom. The first kappa shape index (κ1) is 19.6. The molecule has 0 unspecified atom stereocenters. The maximum atomic E-state index is 12.7. The van der Waals surface area contributed by atoms with E-state index in [2.05, 4.69) is 18.5 Å². The third-order valence-corrected chi connectivity index (χ3v) is 5.65. The minimum Gasteiger partial charge on any atom is -0.322 e. The molecule has 2 aromatic rings. The first-order valence-corrected chi connectivity index (χ1v) is 9.53. The van der Waals surface area contributed by atoms with Crippen LogP contribution in [-0.2, 0) is 10.0 Å². The minimum absolute atomic E-state index is 0.148. The summed E-state index contributed by atoms with van der Waals surface area (Å²) in [6.45, 7) is 9.42. The fourth-order valence-electron chi connectivity index (χ4n) is 2.44. The number of carbonyl (C=O) groups is 1. The molecule has 0 atom stereocenters. The van der Waals surface area contributed by atoms with Crippen LogP contribution in [0, 0.1) is 6.92 Å². The van der Waals surface area contributed by atoms with Gasteiger partial charge in [0.2, 0.25) is 10.0 Å². The Hall–Kier alpha value is -2.70. The molecule has 0 aliphatic rings. The number of hydrogen-bond donors (Lipinski definition) is 1. The van der Waals surface area contributed by atoms with Crippen LogP contribution in [0.3, 0.4) is 0 Å². The number of nitrogens with zero attached hydrogens (tertiary/aromatic N) is 1. The maximum Gasteiger partial charge on any atom is 0.255 e. The number of sulfonamides is 1. The van der Waals surface area contributed by atoms with E-state index in [0.29, 0.717) is 11.3 Å². The monoisotopic (exact) mass is 370 g/mol. The van der Waals surface area contributed by atoms with Crippen LogP contribution in [0.1, 0.15) is 15.9 Å². The molecule has 0 aromatic heterocycles. The zero-order chi connectivity index (χ0) is 19.2. The average Bonchev–Trinajstić information content (AvgIpc) is 2.62. The van der Waals surface area contributed by atoms with Gasteiger partial charge in [-0.05, 0) is 42.8 Å². The third-order valence-electron chi connectivity index (χ3n) is 3.81. The zero-order valence-electron chi connectivity index (χ0n) is 14.7. The summed E-state index contributed by atoms with van der Waals surface area (Å²) in [6, 6.07) is 13.4. The van der Waals surface area contributed by atoms with Gasteiger partial charge in [-0.15, -0.1) is 13.2 Å². The van der Waals surface area contributed by atoms with Gasteiger partial charge >= 0.3 is 0 Å². The molecular formula is C20H22N2O3S. The number of amides is 1. The molecule has 0 aliphatic heterocycles. The van der Waals surface area contributed by atoms with Gasteiger partial charge in [-0.25, -0.2) is 8.42 Å². The lowest BCUT2D eigenvalue weighted by atomic mass is 10.1. The number of benzene rings is 2. The van der Waals surface area contributed by atoms with Gasteiger partial charge in [0.15, 0.2) is 0 Å². The summed E-state index contributed by atoms with van der Waals surface area (Å²) in [4.78, 5) is 12.5. The normalized spacial score (nSPS) is 11.2. The van der Waals surface area contributed by atoms with Crippen molar-refractivity contribution in [3.05, 3.63) is 85.0 Å². The van der Waals surface area contributed by atoms with Gasteiger partial charge in [0.25, 0.3) is 5.91 Å². The highest BCUT2D eigenvalue weighted by Gasteiger charge is 2.22. The Morgan fingerprint density at radius 2 is 1.62 bits per heavy atom. The molecule has 0 saturated carbocycles. The van der Waals surface area contributed by atoms with E-state index in [4.69, 9.17) is 0 Å². The number of hydrogen-bond acceptors (Lipinski definition) is 3. The van der Waals surface area contributed by atoms with Gasteiger partial charge < -0.3 is 5.32 Å². The van der Waals surface area contributed by atoms with Gasteiger partial charge in [0.1, 0.15) is 0 Å². The van der Waals surface area contributed by atoms with E-state index in [1.807, 2.05) is 19.1 Å². The molecule has 1 amide bonds. The summed E-state index contributed by atoms with van der Waals surface area (Å²) in [5.74, 6) is -0.237. The Kier molecular flexibility index (Phi) is 6.49. The number of carbonyl (C=O) groups excluding carboxylic acids is 1. The van der Waals surface area contributed by atoms with Crippen LogP contribution in [0.15, 0.2) is 78.7 Å². The Labute approximate surface area is 154 Å². The highest BCUT2D eigenvalue weighted by Crippen LogP contribution is 2.19. The van der Waals surface area contributed by atoms with Gasteiger partial charge in [-0.3, -0.25) is 4.79 Å². The van der Waals surface area contributed by atoms with Crippen LogP contribution in [0.4, 0.5) is 5.69 Å². The van der Waals surface area contributed by atoms with Crippen molar-refractivity contribution >= 4 is 21.6 Å². The second-order valence-electron chi connectivity index (χ2n) is 5.69. The van der Waals surface area contributed by atoms with E-state index in [1.165, 1.54) is 28.6 Å². The summed E-state index contributed by atoms with van der Waals surface area (Å²) >= 11 is 0. The van der Waals surface area contributed by atoms with Crippen molar-refractivity contribution in [2.24, 2.45) is 0 Å². The fourth-order valence-corrected chi connectivity index (χ4v) is 3.83. The van der Waals surface area contributed by atoms with Crippen molar-refractivity contribution in [1.29, 1.82) is 0 Å².